The van der Waals surface area contributed by atoms with Gasteiger partial charge < -0.3 is 29.6 Å². The van der Waals surface area contributed by atoms with Crippen molar-refractivity contribution in [2.24, 2.45) is 17.9 Å². The Bertz CT molecular complexity index is 1700. The second kappa shape index (κ2) is 13.0. The first-order chi connectivity index (χ1) is 22.7. The van der Waals surface area contributed by atoms with Crippen molar-refractivity contribution in [1.82, 2.24) is 9.88 Å². The van der Waals surface area contributed by atoms with E-state index in [1.54, 1.807) is 53.1 Å². The third-order valence-electron chi connectivity index (χ3n) is 11.3. The van der Waals surface area contributed by atoms with E-state index in [2.05, 4.69) is 5.32 Å². The number of aliphatic hydroxyl groups excluding tert-OH is 1. The number of aryl methyl sites for hydroxylation is 3. The fourth-order valence-corrected chi connectivity index (χ4v) is 7.97. The average molecular weight is 661 g/mol. The second-order valence-corrected chi connectivity index (χ2v) is 15.2. The van der Waals surface area contributed by atoms with Crippen LogP contribution in [0.25, 0.3) is 11.1 Å². The zero-order valence-electron chi connectivity index (χ0n) is 28.8. The number of nitrogens with one attached hydrogen (secondary N) is 1. The number of hydrogen-bond acceptors (Lipinski definition) is 6. The Morgan fingerprint density at radius 1 is 0.958 bits per heavy atom. The number of halogens is 1. The van der Waals surface area contributed by atoms with Gasteiger partial charge in [0, 0.05) is 48.5 Å². The number of aliphatic hydroxyl groups is 2. The van der Waals surface area contributed by atoms with Gasteiger partial charge in [-0.05, 0) is 138 Å². The molecule has 2 bridgehead atoms. The van der Waals surface area contributed by atoms with Crippen molar-refractivity contribution < 1.29 is 28.9 Å². The van der Waals surface area contributed by atoms with Crippen molar-refractivity contribution >= 4 is 5.91 Å². The van der Waals surface area contributed by atoms with Crippen LogP contribution in [0.4, 0.5) is 4.39 Å². The molecule has 3 N–H and O–H groups in total. The van der Waals surface area contributed by atoms with Crippen LogP contribution in [0.3, 0.4) is 0 Å². The molecule has 0 aliphatic heterocycles. The van der Waals surface area contributed by atoms with E-state index in [-0.39, 0.29) is 46.9 Å². The molecule has 0 saturated heterocycles. The Morgan fingerprint density at radius 2 is 1.58 bits per heavy atom. The molecule has 4 aliphatic carbocycles. The van der Waals surface area contributed by atoms with E-state index < -0.39 is 5.60 Å². The van der Waals surface area contributed by atoms with Gasteiger partial charge in [-0.25, -0.2) is 4.39 Å². The van der Waals surface area contributed by atoms with Gasteiger partial charge in [-0.2, -0.15) is 0 Å². The molecule has 8 nitrogen and oxygen atoms in total. The van der Waals surface area contributed by atoms with Gasteiger partial charge in [0.05, 0.1) is 11.7 Å². The van der Waals surface area contributed by atoms with Crippen LogP contribution in [-0.2, 0) is 17.4 Å². The highest BCUT2D eigenvalue weighted by molar-refractivity contribution is 5.83. The summed E-state index contributed by atoms with van der Waals surface area (Å²) in [7, 11) is 1.68. The second-order valence-electron chi connectivity index (χ2n) is 15.2. The molecule has 4 saturated carbocycles. The normalized spacial score (nSPS) is 25.5. The van der Waals surface area contributed by atoms with E-state index in [1.807, 2.05) is 6.07 Å². The third-order valence-corrected chi connectivity index (χ3v) is 11.3. The van der Waals surface area contributed by atoms with Crippen LogP contribution in [0.1, 0.15) is 94.7 Å². The van der Waals surface area contributed by atoms with E-state index >= 15 is 0 Å². The first kappa shape index (κ1) is 34.2. The van der Waals surface area contributed by atoms with Gasteiger partial charge in [0.2, 0.25) is 5.91 Å². The van der Waals surface area contributed by atoms with E-state index in [4.69, 9.17) is 9.47 Å². The monoisotopic (exact) mass is 660 g/mol. The highest BCUT2D eigenvalue weighted by atomic mass is 19.1. The molecule has 1 amide bonds. The van der Waals surface area contributed by atoms with Crippen molar-refractivity contribution in [2.45, 2.75) is 110 Å². The van der Waals surface area contributed by atoms with Crippen molar-refractivity contribution in [3.05, 3.63) is 75.5 Å². The van der Waals surface area contributed by atoms with Gasteiger partial charge in [-0.3, -0.25) is 9.59 Å². The first-order valence-corrected chi connectivity index (χ1v) is 17.3. The van der Waals surface area contributed by atoms with Crippen molar-refractivity contribution in [2.75, 3.05) is 6.61 Å². The highest BCUT2D eigenvalue weighted by Crippen LogP contribution is 2.56. The maximum absolute atomic E-state index is 14.1. The number of carbonyl (C=O) groups is 1. The maximum atomic E-state index is 14.1. The number of ether oxygens (including phenoxy) is 2. The standard InChI is InChI=1S/C39H49FN2O6/c1-24-18-27(40)19-25(2)35(24)48-32-11-6-26(37(3,4)46)20-30(32)31-22-42(5)34(44)21-33(31)47-29-9-7-28(8-10-29)41-36(45)39-15-12-38(23-43,13-16-39)14-17-39/h6,11,18-22,28-29,43,46H,7-10,12-17,23H2,1-5H3,(H,41,45). The lowest BCUT2D eigenvalue weighted by Gasteiger charge is -2.52. The van der Waals surface area contributed by atoms with Gasteiger partial charge in [0.25, 0.3) is 5.56 Å². The molecule has 0 radical (unpaired) electrons. The zero-order chi connectivity index (χ0) is 34.4. The number of fused-ring (bicyclic) bond motifs is 3. The molecule has 2 aromatic carbocycles. The summed E-state index contributed by atoms with van der Waals surface area (Å²) < 4.78 is 28.6. The molecule has 1 aromatic heterocycles. The lowest BCUT2D eigenvalue weighted by atomic mass is 9.53. The Kier molecular flexibility index (Phi) is 9.24. The van der Waals surface area contributed by atoms with Crippen LogP contribution in [0.2, 0.25) is 0 Å². The maximum Gasteiger partial charge on any atom is 0.254 e. The number of amides is 1. The Labute approximate surface area is 282 Å². The van der Waals surface area contributed by atoms with E-state index in [0.717, 1.165) is 64.2 Å². The van der Waals surface area contributed by atoms with Crippen LogP contribution in [-0.4, -0.2) is 39.4 Å². The SMILES string of the molecule is Cc1cc(F)cc(C)c1Oc1ccc(C(C)(C)O)cc1-c1cn(C)c(=O)cc1OC1CCC(NC(=O)C23CCC(CO)(CC2)CC3)CC1. The third kappa shape index (κ3) is 6.77. The number of aromatic nitrogens is 1. The van der Waals surface area contributed by atoms with Crippen LogP contribution in [0.5, 0.6) is 17.2 Å². The van der Waals surface area contributed by atoms with E-state index in [0.29, 0.717) is 45.1 Å². The number of benzene rings is 2. The summed E-state index contributed by atoms with van der Waals surface area (Å²) in [6, 6.07) is 9.87. The predicted molar refractivity (Wildman–Crippen MR) is 183 cm³/mol. The summed E-state index contributed by atoms with van der Waals surface area (Å²) in [5.41, 5.74) is 1.59. The number of nitrogens with zero attached hydrogens (tertiary/aromatic N) is 1. The van der Waals surface area contributed by atoms with Gasteiger partial charge in [0.15, 0.2) is 0 Å². The molecule has 7 rings (SSSR count). The fraction of sp³-hybridized carbons (Fsp3) is 0.538. The molecule has 0 unspecified atom stereocenters. The van der Waals surface area contributed by atoms with Crippen LogP contribution in [0.15, 0.2) is 47.4 Å². The Balaban J connectivity index is 1.22. The van der Waals surface area contributed by atoms with Crippen LogP contribution in [0, 0.1) is 30.5 Å². The number of hydrogen-bond donors (Lipinski definition) is 3. The van der Waals surface area contributed by atoms with Crippen LogP contribution >= 0.6 is 0 Å². The summed E-state index contributed by atoms with van der Waals surface area (Å²) in [6.45, 7) is 7.22. The minimum Gasteiger partial charge on any atom is -0.490 e. The number of rotatable bonds is 9. The molecule has 9 heteroatoms. The topological polar surface area (TPSA) is 110 Å². The predicted octanol–water partition coefficient (Wildman–Crippen LogP) is 6.97. The molecule has 258 valence electrons. The van der Waals surface area contributed by atoms with Gasteiger partial charge >= 0.3 is 0 Å². The largest absolute Gasteiger partial charge is 0.490 e. The summed E-state index contributed by atoms with van der Waals surface area (Å²) >= 11 is 0. The lowest BCUT2D eigenvalue weighted by Crippen LogP contribution is -2.53. The smallest absolute Gasteiger partial charge is 0.254 e. The summed E-state index contributed by atoms with van der Waals surface area (Å²) in [4.78, 5) is 26.4. The molecule has 1 heterocycles. The fourth-order valence-electron chi connectivity index (χ4n) is 7.97. The molecular weight excluding hydrogens is 611 g/mol. The highest BCUT2D eigenvalue weighted by Gasteiger charge is 2.52. The molecular formula is C39H49FN2O6. The molecule has 0 atom stereocenters. The van der Waals surface area contributed by atoms with Crippen LogP contribution < -0.4 is 20.3 Å². The summed E-state index contributed by atoms with van der Waals surface area (Å²) in [5.74, 6) is 1.27. The van der Waals surface area contributed by atoms with Crippen molar-refractivity contribution in [3.8, 4) is 28.4 Å². The molecule has 4 aliphatic rings. The molecule has 3 aromatic rings. The lowest BCUT2D eigenvalue weighted by molar-refractivity contribution is -0.143. The van der Waals surface area contributed by atoms with Gasteiger partial charge in [0.1, 0.15) is 23.1 Å². The van der Waals surface area contributed by atoms with Gasteiger partial charge in [-0.15, -0.1) is 0 Å². The molecule has 0 spiro atoms. The zero-order valence-corrected chi connectivity index (χ0v) is 28.8. The van der Waals surface area contributed by atoms with E-state index in [1.165, 1.54) is 22.8 Å². The van der Waals surface area contributed by atoms with Crippen molar-refractivity contribution in [1.29, 1.82) is 0 Å². The Morgan fingerprint density at radius 3 is 2.17 bits per heavy atom. The number of pyridine rings is 1. The summed E-state index contributed by atoms with van der Waals surface area (Å²) in [5, 5.41) is 24.1. The molecule has 4 fully saturated rings. The number of carbonyl (C=O) groups excluding carboxylic acids is 1. The van der Waals surface area contributed by atoms with Gasteiger partial charge in [-0.1, -0.05) is 6.07 Å². The minimum absolute atomic E-state index is 0.0239. The Hall–Kier alpha value is -3.69. The molecule has 48 heavy (non-hydrogen) atoms. The quantitative estimate of drug-likeness (QED) is 0.229. The summed E-state index contributed by atoms with van der Waals surface area (Å²) in [6.07, 6.45) is 9.89. The minimum atomic E-state index is -1.14. The first-order valence-electron chi connectivity index (χ1n) is 17.3. The average Bonchev–Trinajstić information content (AvgIpc) is 3.05. The van der Waals surface area contributed by atoms with Crippen molar-refractivity contribution in [3.63, 3.8) is 0 Å². The van der Waals surface area contributed by atoms with E-state index in [9.17, 15) is 24.2 Å².